The maximum Gasteiger partial charge on any atom is 0.342 e. The Bertz CT molecular complexity index is 308. The highest BCUT2D eigenvalue weighted by molar-refractivity contribution is 5.68. The SMILES string of the molecule is CCC(C)CC(=O)OOCc1ccccc1. The van der Waals surface area contributed by atoms with E-state index in [1.807, 2.05) is 44.2 Å². The number of hydrogen-bond acceptors (Lipinski definition) is 3. The lowest BCUT2D eigenvalue weighted by Gasteiger charge is -2.07. The van der Waals surface area contributed by atoms with Gasteiger partial charge in [-0.25, -0.2) is 4.79 Å². The molecule has 1 rings (SSSR count). The lowest BCUT2D eigenvalue weighted by molar-refractivity contribution is -0.280. The molecule has 88 valence electrons. The topological polar surface area (TPSA) is 35.5 Å². The standard InChI is InChI=1S/C13H18O3/c1-3-11(2)9-13(14)16-15-10-12-7-5-4-6-8-12/h4-8,11H,3,9-10H2,1-2H3. The molecule has 3 nitrogen and oxygen atoms in total. The van der Waals surface area contributed by atoms with E-state index in [4.69, 9.17) is 4.89 Å². The highest BCUT2D eigenvalue weighted by Crippen LogP contribution is 2.08. The summed E-state index contributed by atoms with van der Waals surface area (Å²) in [5, 5.41) is 0. The van der Waals surface area contributed by atoms with Gasteiger partial charge in [0.1, 0.15) is 6.61 Å². The summed E-state index contributed by atoms with van der Waals surface area (Å²) in [6.45, 7) is 4.36. The van der Waals surface area contributed by atoms with Crippen LogP contribution >= 0.6 is 0 Å². The average molecular weight is 222 g/mol. The van der Waals surface area contributed by atoms with Gasteiger partial charge in [-0.3, -0.25) is 4.89 Å². The molecule has 1 unspecified atom stereocenters. The first-order valence-electron chi connectivity index (χ1n) is 5.58. The van der Waals surface area contributed by atoms with Gasteiger partial charge in [0.05, 0.1) is 6.42 Å². The monoisotopic (exact) mass is 222 g/mol. The largest absolute Gasteiger partial charge is 0.342 e. The minimum absolute atomic E-state index is 0.299. The first-order valence-corrected chi connectivity index (χ1v) is 5.58. The molecule has 1 atom stereocenters. The molecule has 0 spiro atoms. The lowest BCUT2D eigenvalue weighted by atomic mass is 10.1. The lowest BCUT2D eigenvalue weighted by Crippen LogP contribution is -2.09. The third-order valence-corrected chi connectivity index (χ3v) is 2.43. The number of carbonyl (C=O) groups excluding carboxylic acids is 1. The van der Waals surface area contributed by atoms with Crippen molar-refractivity contribution >= 4 is 5.97 Å². The summed E-state index contributed by atoms with van der Waals surface area (Å²) >= 11 is 0. The van der Waals surface area contributed by atoms with E-state index in [1.54, 1.807) is 0 Å². The van der Waals surface area contributed by atoms with Gasteiger partial charge in [0.15, 0.2) is 0 Å². The smallest absolute Gasteiger partial charge is 0.298 e. The number of hydrogen-bond donors (Lipinski definition) is 0. The summed E-state index contributed by atoms with van der Waals surface area (Å²) in [6, 6.07) is 9.60. The van der Waals surface area contributed by atoms with E-state index >= 15 is 0 Å². The Hall–Kier alpha value is -1.35. The van der Waals surface area contributed by atoms with E-state index < -0.39 is 0 Å². The van der Waals surface area contributed by atoms with Crippen LogP contribution in [0.1, 0.15) is 32.3 Å². The number of rotatable bonds is 6. The van der Waals surface area contributed by atoms with E-state index in [-0.39, 0.29) is 5.97 Å². The van der Waals surface area contributed by atoms with Crippen molar-refractivity contribution in [3.8, 4) is 0 Å². The van der Waals surface area contributed by atoms with Crippen molar-refractivity contribution in [2.24, 2.45) is 5.92 Å². The van der Waals surface area contributed by atoms with Gasteiger partial charge in [0.25, 0.3) is 0 Å². The van der Waals surface area contributed by atoms with Gasteiger partial charge in [-0.05, 0) is 11.5 Å². The summed E-state index contributed by atoms with van der Waals surface area (Å²) in [5.41, 5.74) is 0.985. The fourth-order valence-electron chi connectivity index (χ4n) is 1.20. The van der Waals surface area contributed by atoms with Crippen LogP contribution in [0.4, 0.5) is 0 Å². The minimum Gasteiger partial charge on any atom is -0.298 e. The van der Waals surface area contributed by atoms with E-state index in [0.29, 0.717) is 18.9 Å². The molecule has 0 radical (unpaired) electrons. The van der Waals surface area contributed by atoms with Crippen molar-refractivity contribution in [3.63, 3.8) is 0 Å². The highest BCUT2D eigenvalue weighted by Gasteiger charge is 2.09. The number of carbonyl (C=O) groups is 1. The van der Waals surface area contributed by atoms with Gasteiger partial charge in [0.2, 0.25) is 0 Å². The second-order valence-electron chi connectivity index (χ2n) is 3.92. The van der Waals surface area contributed by atoms with Crippen LogP contribution in [0.3, 0.4) is 0 Å². The molecule has 0 saturated carbocycles. The van der Waals surface area contributed by atoms with E-state index in [1.165, 1.54) is 0 Å². The van der Waals surface area contributed by atoms with Crippen LogP contribution in [0, 0.1) is 5.92 Å². The van der Waals surface area contributed by atoms with Crippen LogP contribution in [-0.2, 0) is 21.2 Å². The molecule has 16 heavy (non-hydrogen) atoms. The fraction of sp³-hybridized carbons (Fsp3) is 0.462. The second-order valence-corrected chi connectivity index (χ2v) is 3.92. The van der Waals surface area contributed by atoms with Gasteiger partial charge in [-0.2, -0.15) is 4.89 Å². The molecule has 0 aliphatic carbocycles. The van der Waals surface area contributed by atoms with Crippen LogP contribution in [0.2, 0.25) is 0 Å². The van der Waals surface area contributed by atoms with Gasteiger partial charge in [-0.15, -0.1) is 0 Å². The Balaban J connectivity index is 2.18. The maximum atomic E-state index is 11.3. The van der Waals surface area contributed by atoms with E-state index in [9.17, 15) is 4.79 Å². The van der Waals surface area contributed by atoms with Gasteiger partial charge in [0, 0.05) is 0 Å². The summed E-state index contributed by atoms with van der Waals surface area (Å²) in [6.07, 6.45) is 1.37. The van der Waals surface area contributed by atoms with Crippen LogP contribution in [-0.4, -0.2) is 5.97 Å². The molecule has 0 saturated heterocycles. The molecule has 0 fully saturated rings. The predicted octanol–water partition coefficient (Wildman–Crippen LogP) is 3.10. The zero-order chi connectivity index (χ0) is 11.8. The molecular formula is C13H18O3. The summed E-state index contributed by atoms with van der Waals surface area (Å²) in [5.74, 6) is 0.0399. The second kappa shape index (κ2) is 7.01. The maximum absolute atomic E-state index is 11.3. The molecule has 3 heteroatoms. The van der Waals surface area contributed by atoms with Gasteiger partial charge >= 0.3 is 5.97 Å². The quantitative estimate of drug-likeness (QED) is 0.548. The van der Waals surface area contributed by atoms with Gasteiger partial charge in [-0.1, -0.05) is 50.6 Å². The van der Waals surface area contributed by atoms with E-state index in [2.05, 4.69) is 4.89 Å². The molecule has 0 bridgehead atoms. The van der Waals surface area contributed by atoms with Crippen molar-refractivity contribution in [1.82, 2.24) is 0 Å². The van der Waals surface area contributed by atoms with Crippen molar-refractivity contribution in [2.45, 2.75) is 33.3 Å². The predicted molar refractivity (Wildman–Crippen MR) is 61.4 cm³/mol. The summed E-state index contributed by atoms with van der Waals surface area (Å²) in [4.78, 5) is 20.8. The minimum atomic E-state index is -0.301. The third-order valence-electron chi connectivity index (χ3n) is 2.43. The molecule has 0 aromatic heterocycles. The van der Waals surface area contributed by atoms with Crippen molar-refractivity contribution in [3.05, 3.63) is 35.9 Å². The molecule has 0 aliphatic heterocycles. The Morgan fingerprint density at radius 3 is 2.62 bits per heavy atom. The Kier molecular flexibility index (Phi) is 5.57. The van der Waals surface area contributed by atoms with Crippen molar-refractivity contribution in [2.75, 3.05) is 0 Å². The zero-order valence-corrected chi connectivity index (χ0v) is 9.81. The van der Waals surface area contributed by atoms with Crippen LogP contribution in [0.25, 0.3) is 0 Å². The van der Waals surface area contributed by atoms with Crippen LogP contribution < -0.4 is 0 Å². The molecule has 0 aliphatic rings. The molecular weight excluding hydrogens is 204 g/mol. The Morgan fingerprint density at radius 1 is 1.31 bits per heavy atom. The Labute approximate surface area is 96.3 Å². The molecule has 0 amide bonds. The third kappa shape index (κ3) is 4.94. The fourth-order valence-corrected chi connectivity index (χ4v) is 1.20. The van der Waals surface area contributed by atoms with Crippen molar-refractivity contribution in [1.29, 1.82) is 0 Å². The zero-order valence-electron chi connectivity index (χ0n) is 9.81. The molecule has 1 aromatic carbocycles. The average Bonchev–Trinajstić information content (AvgIpc) is 2.30. The Morgan fingerprint density at radius 2 is 2.00 bits per heavy atom. The van der Waals surface area contributed by atoms with Gasteiger partial charge < -0.3 is 0 Å². The first-order chi connectivity index (χ1) is 7.72. The van der Waals surface area contributed by atoms with Crippen molar-refractivity contribution < 1.29 is 14.6 Å². The normalized spacial score (nSPS) is 12.1. The molecule has 0 N–H and O–H groups in total. The molecule has 1 aromatic rings. The number of benzene rings is 1. The summed E-state index contributed by atoms with van der Waals surface area (Å²) < 4.78 is 0. The highest BCUT2D eigenvalue weighted by atomic mass is 17.2. The first kappa shape index (κ1) is 12.7. The summed E-state index contributed by atoms with van der Waals surface area (Å²) in [7, 11) is 0. The van der Waals surface area contributed by atoms with E-state index in [0.717, 1.165) is 12.0 Å². The molecule has 0 heterocycles. The van der Waals surface area contributed by atoms with Crippen LogP contribution in [0.15, 0.2) is 30.3 Å². The van der Waals surface area contributed by atoms with Crippen LogP contribution in [0.5, 0.6) is 0 Å².